The van der Waals surface area contributed by atoms with Crippen LogP contribution in [-0.2, 0) is 0 Å². The fourth-order valence-corrected chi connectivity index (χ4v) is 1.78. The number of hydrogen-bond donors (Lipinski definition) is 2. The largest absolute Gasteiger partial charge is 0.380 e. The zero-order chi connectivity index (χ0) is 11.3. The highest BCUT2D eigenvalue weighted by Crippen LogP contribution is 2.18. The van der Waals surface area contributed by atoms with E-state index in [1.807, 2.05) is 6.92 Å². The predicted octanol–water partition coefficient (Wildman–Crippen LogP) is 3.41. The van der Waals surface area contributed by atoms with Gasteiger partial charge < -0.3 is 5.32 Å². The minimum absolute atomic E-state index is 0.534. The smallest absolute Gasteiger partial charge is 0.0825 e. The first-order chi connectivity index (χ1) is 7.15. The van der Waals surface area contributed by atoms with Crippen molar-refractivity contribution in [1.82, 2.24) is 10.2 Å². The topological polar surface area (TPSA) is 40.7 Å². The first-order valence-electron chi connectivity index (χ1n) is 5.93. The van der Waals surface area contributed by atoms with E-state index in [1.54, 1.807) is 0 Å². The van der Waals surface area contributed by atoms with Crippen LogP contribution >= 0.6 is 0 Å². The normalized spacial score (nSPS) is 12.8. The first kappa shape index (κ1) is 12.1. The van der Waals surface area contributed by atoms with Gasteiger partial charge in [0.05, 0.1) is 17.1 Å². The molecule has 1 unspecified atom stereocenters. The molecule has 1 heterocycles. The Morgan fingerprint density at radius 2 is 2.07 bits per heavy atom. The summed E-state index contributed by atoms with van der Waals surface area (Å²) in [6.07, 6.45) is 5.16. The van der Waals surface area contributed by atoms with Crippen LogP contribution in [0, 0.1) is 13.8 Å². The van der Waals surface area contributed by atoms with Gasteiger partial charge in [-0.25, -0.2) is 0 Å². The number of nitrogens with zero attached hydrogens (tertiary/aromatic N) is 1. The van der Waals surface area contributed by atoms with Gasteiger partial charge in [-0.2, -0.15) is 5.10 Å². The Balaban J connectivity index is 2.40. The summed E-state index contributed by atoms with van der Waals surface area (Å²) in [6, 6.07) is 0.534. The number of rotatable bonds is 6. The lowest BCUT2D eigenvalue weighted by Crippen LogP contribution is -2.15. The number of H-pyrrole nitrogens is 1. The Morgan fingerprint density at radius 1 is 1.33 bits per heavy atom. The van der Waals surface area contributed by atoms with Crippen molar-refractivity contribution in [1.29, 1.82) is 0 Å². The molecule has 1 aromatic rings. The van der Waals surface area contributed by atoms with Gasteiger partial charge in [-0.15, -0.1) is 0 Å². The third kappa shape index (κ3) is 3.57. The molecule has 2 N–H and O–H groups in total. The van der Waals surface area contributed by atoms with E-state index in [0.717, 1.165) is 11.4 Å². The van der Waals surface area contributed by atoms with Gasteiger partial charge in [-0.1, -0.05) is 26.2 Å². The van der Waals surface area contributed by atoms with Gasteiger partial charge in [0.25, 0.3) is 0 Å². The second kappa shape index (κ2) is 5.79. The summed E-state index contributed by atoms with van der Waals surface area (Å²) in [5.74, 6) is 0. The molecule has 86 valence electrons. The van der Waals surface area contributed by atoms with Crippen LogP contribution in [-0.4, -0.2) is 16.2 Å². The maximum Gasteiger partial charge on any atom is 0.0825 e. The number of hydrogen-bond acceptors (Lipinski definition) is 2. The van der Waals surface area contributed by atoms with Gasteiger partial charge in [0.15, 0.2) is 0 Å². The van der Waals surface area contributed by atoms with Gasteiger partial charge >= 0.3 is 0 Å². The van der Waals surface area contributed by atoms with Crippen LogP contribution in [0.5, 0.6) is 0 Å². The van der Waals surface area contributed by atoms with Crippen molar-refractivity contribution >= 4 is 5.69 Å². The van der Waals surface area contributed by atoms with E-state index in [9.17, 15) is 0 Å². The van der Waals surface area contributed by atoms with Crippen molar-refractivity contribution in [3.8, 4) is 0 Å². The van der Waals surface area contributed by atoms with Crippen molar-refractivity contribution in [3.05, 3.63) is 11.4 Å². The molecule has 0 aliphatic rings. The lowest BCUT2D eigenvalue weighted by molar-refractivity contribution is 0.614. The number of nitrogens with one attached hydrogen (secondary N) is 2. The summed E-state index contributed by atoms with van der Waals surface area (Å²) in [5.41, 5.74) is 3.38. The van der Waals surface area contributed by atoms with Gasteiger partial charge in [-0.05, 0) is 27.2 Å². The molecule has 0 fully saturated rings. The second-order valence-electron chi connectivity index (χ2n) is 4.35. The third-order valence-electron chi connectivity index (χ3n) is 2.76. The molecule has 0 saturated carbocycles. The van der Waals surface area contributed by atoms with E-state index >= 15 is 0 Å². The summed E-state index contributed by atoms with van der Waals surface area (Å²) in [7, 11) is 0. The summed E-state index contributed by atoms with van der Waals surface area (Å²) in [5, 5.41) is 10.7. The van der Waals surface area contributed by atoms with Crippen molar-refractivity contribution in [2.45, 2.75) is 59.4 Å². The lowest BCUT2D eigenvalue weighted by atomic mass is 10.1. The number of anilines is 1. The highest BCUT2D eigenvalue weighted by Gasteiger charge is 2.08. The number of unbranched alkanes of at least 4 members (excludes halogenated alkanes) is 2. The predicted molar refractivity (Wildman–Crippen MR) is 65.3 cm³/mol. The molecular weight excluding hydrogens is 186 g/mol. The molecule has 0 spiro atoms. The minimum atomic E-state index is 0.534. The fourth-order valence-electron chi connectivity index (χ4n) is 1.78. The van der Waals surface area contributed by atoms with Gasteiger partial charge in [0.1, 0.15) is 0 Å². The molecule has 0 aliphatic heterocycles. The molecule has 3 nitrogen and oxygen atoms in total. The van der Waals surface area contributed by atoms with Crippen molar-refractivity contribution in [2.24, 2.45) is 0 Å². The first-order valence-corrected chi connectivity index (χ1v) is 5.93. The molecule has 15 heavy (non-hydrogen) atoms. The lowest BCUT2D eigenvalue weighted by Gasteiger charge is -2.14. The van der Waals surface area contributed by atoms with Crippen LogP contribution in [0.15, 0.2) is 0 Å². The van der Waals surface area contributed by atoms with Crippen LogP contribution in [0.25, 0.3) is 0 Å². The summed E-state index contributed by atoms with van der Waals surface area (Å²) >= 11 is 0. The molecule has 0 saturated heterocycles. The van der Waals surface area contributed by atoms with Crippen LogP contribution < -0.4 is 5.32 Å². The zero-order valence-electron chi connectivity index (χ0n) is 10.4. The maximum atomic E-state index is 4.18. The summed E-state index contributed by atoms with van der Waals surface area (Å²) in [4.78, 5) is 0. The fraction of sp³-hybridized carbons (Fsp3) is 0.750. The van der Waals surface area contributed by atoms with E-state index in [1.165, 1.54) is 31.4 Å². The van der Waals surface area contributed by atoms with Crippen molar-refractivity contribution < 1.29 is 0 Å². The third-order valence-corrected chi connectivity index (χ3v) is 2.76. The summed E-state index contributed by atoms with van der Waals surface area (Å²) < 4.78 is 0. The Morgan fingerprint density at radius 3 is 2.60 bits per heavy atom. The number of aromatic nitrogens is 2. The molecular formula is C12H23N3. The second-order valence-corrected chi connectivity index (χ2v) is 4.35. The Bertz CT molecular complexity index is 272. The molecule has 0 aromatic carbocycles. The van der Waals surface area contributed by atoms with Crippen LogP contribution in [0.1, 0.15) is 50.9 Å². The monoisotopic (exact) mass is 209 g/mol. The van der Waals surface area contributed by atoms with Crippen molar-refractivity contribution in [2.75, 3.05) is 5.32 Å². The van der Waals surface area contributed by atoms with Crippen molar-refractivity contribution in [3.63, 3.8) is 0 Å². The minimum Gasteiger partial charge on any atom is -0.380 e. The van der Waals surface area contributed by atoms with Crippen LogP contribution in [0.4, 0.5) is 5.69 Å². The molecule has 1 rings (SSSR count). The average molecular weight is 209 g/mol. The Kier molecular flexibility index (Phi) is 4.66. The summed E-state index contributed by atoms with van der Waals surface area (Å²) in [6.45, 7) is 8.57. The van der Waals surface area contributed by atoms with Gasteiger partial charge in [0, 0.05) is 6.04 Å². The zero-order valence-corrected chi connectivity index (χ0v) is 10.4. The van der Waals surface area contributed by atoms with Gasteiger partial charge in [0.2, 0.25) is 0 Å². The molecule has 0 bridgehead atoms. The Hall–Kier alpha value is -0.990. The maximum absolute atomic E-state index is 4.18. The number of aromatic amines is 1. The molecule has 0 aliphatic carbocycles. The molecule has 0 radical (unpaired) electrons. The average Bonchev–Trinajstić information content (AvgIpc) is 2.50. The molecule has 3 heteroatoms. The van der Waals surface area contributed by atoms with E-state index in [2.05, 4.69) is 36.3 Å². The van der Waals surface area contributed by atoms with E-state index < -0.39 is 0 Å². The SMILES string of the molecule is CCCCCC(C)Nc1c(C)n[nH]c1C. The highest BCUT2D eigenvalue weighted by molar-refractivity contribution is 5.51. The van der Waals surface area contributed by atoms with Gasteiger partial charge in [-0.3, -0.25) is 5.10 Å². The highest BCUT2D eigenvalue weighted by atomic mass is 15.2. The molecule has 1 aromatic heterocycles. The molecule has 1 atom stereocenters. The van der Waals surface area contributed by atoms with E-state index in [0.29, 0.717) is 6.04 Å². The number of aryl methyl sites for hydroxylation is 2. The van der Waals surface area contributed by atoms with Crippen LogP contribution in [0.2, 0.25) is 0 Å². The van der Waals surface area contributed by atoms with E-state index in [4.69, 9.17) is 0 Å². The van der Waals surface area contributed by atoms with E-state index in [-0.39, 0.29) is 0 Å². The Labute approximate surface area is 92.7 Å². The molecule has 0 amide bonds. The van der Waals surface area contributed by atoms with Crippen LogP contribution in [0.3, 0.4) is 0 Å². The standard InChI is InChI=1S/C12H23N3/c1-5-6-7-8-9(2)13-12-10(3)14-15-11(12)4/h9,13H,5-8H2,1-4H3,(H,14,15). The quantitative estimate of drug-likeness (QED) is 0.705.